The smallest absolute Gasteiger partial charge is 0.228 e. The predicted molar refractivity (Wildman–Crippen MR) is 82.7 cm³/mol. The first-order valence-corrected chi connectivity index (χ1v) is 7.16. The second-order valence-electron chi connectivity index (χ2n) is 4.67. The van der Waals surface area contributed by atoms with Crippen LogP contribution < -0.4 is 10.6 Å². The highest BCUT2D eigenvalue weighted by Crippen LogP contribution is 2.28. The van der Waals surface area contributed by atoms with Crippen molar-refractivity contribution in [2.75, 3.05) is 18.4 Å². The van der Waals surface area contributed by atoms with E-state index in [0.29, 0.717) is 22.9 Å². The van der Waals surface area contributed by atoms with Gasteiger partial charge in [0.1, 0.15) is 18.3 Å². The number of benzene rings is 1. The van der Waals surface area contributed by atoms with Gasteiger partial charge in [0.2, 0.25) is 5.91 Å². The van der Waals surface area contributed by atoms with E-state index in [9.17, 15) is 4.79 Å². The number of carbonyl (C=O) groups is 1. The number of hydrogen-bond acceptors (Lipinski definition) is 4. The fourth-order valence-electron chi connectivity index (χ4n) is 1.88. The van der Waals surface area contributed by atoms with E-state index in [4.69, 9.17) is 11.6 Å². The summed E-state index contributed by atoms with van der Waals surface area (Å²) in [7, 11) is 0. The minimum absolute atomic E-state index is 0.0698. The van der Waals surface area contributed by atoms with E-state index in [1.165, 1.54) is 11.0 Å². The molecule has 7 heteroatoms. The second kappa shape index (κ2) is 7.19. The number of hydrogen-bond donors (Lipinski definition) is 2. The van der Waals surface area contributed by atoms with Crippen LogP contribution in [0.5, 0.6) is 0 Å². The average Bonchev–Trinajstić information content (AvgIpc) is 2.98. The summed E-state index contributed by atoms with van der Waals surface area (Å²) in [5, 5.41) is 10.6. The van der Waals surface area contributed by atoms with Crippen LogP contribution in [0.4, 0.5) is 5.69 Å². The number of halogens is 1. The normalized spacial score (nSPS) is 12.1. The van der Waals surface area contributed by atoms with Crippen LogP contribution in [0, 0.1) is 5.92 Å². The number of para-hydroxylation sites is 1. The first-order valence-electron chi connectivity index (χ1n) is 6.78. The highest BCUT2D eigenvalue weighted by Gasteiger charge is 2.16. The number of aromatic nitrogens is 3. The molecule has 1 atom stereocenters. The SMILES string of the molecule is CCNCC(C)C(=O)Nc1cccc(Cl)c1-n1cncn1. The van der Waals surface area contributed by atoms with Crippen molar-refractivity contribution in [1.29, 1.82) is 0 Å². The average molecular weight is 308 g/mol. The van der Waals surface area contributed by atoms with Crippen LogP contribution >= 0.6 is 11.6 Å². The second-order valence-corrected chi connectivity index (χ2v) is 5.08. The molecule has 0 saturated heterocycles. The number of rotatable bonds is 6. The van der Waals surface area contributed by atoms with Crippen molar-refractivity contribution in [3.63, 3.8) is 0 Å². The molecule has 2 aromatic rings. The Hall–Kier alpha value is -1.92. The molecule has 0 aliphatic rings. The molecule has 0 fully saturated rings. The minimum Gasteiger partial charge on any atom is -0.324 e. The summed E-state index contributed by atoms with van der Waals surface area (Å²) in [6.45, 7) is 5.34. The van der Waals surface area contributed by atoms with Gasteiger partial charge in [-0.15, -0.1) is 0 Å². The molecule has 0 spiro atoms. The van der Waals surface area contributed by atoms with Crippen molar-refractivity contribution in [1.82, 2.24) is 20.1 Å². The summed E-state index contributed by atoms with van der Waals surface area (Å²) in [6, 6.07) is 5.32. The van der Waals surface area contributed by atoms with Crippen LogP contribution in [0.2, 0.25) is 5.02 Å². The summed E-state index contributed by atoms with van der Waals surface area (Å²) < 4.78 is 1.53. The molecular formula is C14H18ClN5O. The summed E-state index contributed by atoms with van der Waals surface area (Å²) in [5.74, 6) is -0.216. The predicted octanol–water partition coefficient (Wildman–Crippen LogP) is 2.10. The van der Waals surface area contributed by atoms with Gasteiger partial charge in [0.15, 0.2) is 0 Å². The first kappa shape index (κ1) is 15.5. The zero-order valence-electron chi connectivity index (χ0n) is 12.0. The molecule has 2 N–H and O–H groups in total. The molecule has 0 saturated carbocycles. The molecule has 1 aromatic heterocycles. The Kier molecular flexibility index (Phi) is 5.30. The quantitative estimate of drug-likeness (QED) is 0.857. The molecular weight excluding hydrogens is 290 g/mol. The molecule has 0 aliphatic heterocycles. The maximum Gasteiger partial charge on any atom is 0.228 e. The van der Waals surface area contributed by atoms with Gasteiger partial charge in [0.05, 0.1) is 10.7 Å². The van der Waals surface area contributed by atoms with E-state index in [0.717, 1.165) is 6.54 Å². The lowest BCUT2D eigenvalue weighted by Crippen LogP contribution is -2.30. The number of amides is 1. The van der Waals surface area contributed by atoms with Crippen molar-refractivity contribution < 1.29 is 4.79 Å². The summed E-state index contributed by atoms with van der Waals surface area (Å²) in [4.78, 5) is 16.1. The van der Waals surface area contributed by atoms with E-state index >= 15 is 0 Å². The van der Waals surface area contributed by atoms with Crippen LogP contribution in [0.15, 0.2) is 30.9 Å². The molecule has 112 valence electrons. The Morgan fingerprint density at radius 3 is 2.95 bits per heavy atom. The highest BCUT2D eigenvalue weighted by atomic mass is 35.5. The molecule has 1 unspecified atom stereocenters. The topological polar surface area (TPSA) is 71.8 Å². The molecule has 0 aliphatic carbocycles. The molecule has 1 heterocycles. The third kappa shape index (κ3) is 3.80. The van der Waals surface area contributed by atoms with Crippen molar-refractivity contribution in [3.05, 3.63) is 35.9 Å². The summed E-state index contributed by atoms with van der Waals surface area (Å²) >= 11 is 6.22. The van der Waals surface area contributed by atoms with Crippen molar-refractivity contribution in [2.45, 2.75) is 13.8 Å². The van der Waals surface area contributed by atoms with Gasteiger partial charge in [-0.2, -0.15) is 5.10 Å². The fourth-order valence-corrected chi connectivity index (χ4v) is 2.14. The standard InChI is InChI=1S/C14H18ClN5O/c1-3-16-7-10(2)14(21)19-12-6-4-5-11(15)13(12)20-9-17-8-18-20/h4-6,8-10,16H,3,7H2,1-2H3,(H,19,21). The van der Waals surface area contributed by atoms with Gasteiger partial charge >= 0.3 is 0 Å². The van der Waals surface area contributed by atoms with Gasteiger partial charge in [-0.25, -0.2) is 9.67 Å². The van der Waals surface area contributed by atoms with E-state index < -0.39 is 0 Å². The van der Waals surface area contributed by atoms with E-state index in [1.54, 1.807) is 24.5 Å². The van der Waals surface area contributed by atoms with Crippen LogP contribution in [-0.2, 0) is 4.79 Å². The fraction of sp³-hybridized carbons (Fsp3) is 0.357. The molecule has 6 nitrogen and oxygen atoms in total. The van der Waals surface area contributed by atoms with Gasteiger partial charge in [-0.05, 0) is 18.7 Å². The maximum absolute atomic E-state index is 12.2. The molecule has 0 radical (unpaired) electrons. The zero-order valence-corrected chi connectivity index (χ0v) is 12.8. The Morgan fingerprint density at radius 1 is 1.48 bits per heavy atom. The van der Waals surface area contributed by atoms with Crippen molar-refractivity contribution in [3.8, 4) is 5.69 Å². The van der Waals surface area contributed by atoms with Gasteiger partial charge in [0.25, 0.3) is 0 Å². The van der Waals surface area contributed by atoms with E-state index in [-0.39, 0.29) is 11.8 Å². The Balaban J connectivity index is 2.21. The minimum atomic E-state index is -0.146. The lowest BCUT2D eigenvalue weighted by atomic mass is 10.1. The van der Waals surface area contributed by atoms with Crippen LogP contribution in [-0.4, -0.2) is 33.8 Å². The third-order valence-electron chi connectivity index (χ3n) is 3.04. The maximum atomic E-state index is 12.2. The third-order valence-corrected chi connectivity index (χ3v) is 3.35. The number of nitrogens with zero attached hydrogens (tertiary/aromatic N) is 3. The molecule has 2 rings (SSSR count). The van der Waals surface area contributed by atoms with Crippen molar-refractivity contribution in [2.24, 2.45) is 5.92 Å². The monoisotopic (exact) mass is 307 g/mol. The molecule has 1 amide bonds. The molecule has 1 aromatic carbocycles. The number of carbonyl (C=O) groups excluding carboxylic acids is 1. The summed E-state index contributed by atoms with van der Waals surface area (Å²) in [6.07, 6.45) is 2.96. The zero-order chi connectivity index (χ0) is 15.2. The van der Waals surface area contributed by atoms with Gasteiger partial charge in [-0.1, -0.05) is 31.5 Å². The van der Waals surface area contributed by atoms with Crippen LogP contribution in [0.25, 0.3) is 5.69 Å². The lowest BCUT2D eigenvalue weighted by molar-refractivity contribution is -0.119. The Morgan fingerprint density at radius 2 is 2.29 bits per heavy atom. The van der Waals surface area contributed by atoms with Gasteiger partial charge in [-0.3, -0.25) is 4.79 Å². The largest absolute Gasteiger partial charge is 0.324 e. The first-order chi connectivity index (χ1) is 10.1. The summed E-state index contributed by atoms with van der Waals surface area (Å²) in [5.41, 5.74) is 1.22. The Bertz CT molecular complexity index is 599. The van der Waals surface area contributed by atoms with Crippen LogP contribution in [0.1, 0.15) is 13.8 Å². The number of nitrogens with one attached hydrogen (secondary N) is 2. The highest BCUT2D eigenvalue weighted by molar-refractivity contribution is 6.33. The lowest BCUT2D eigenvalue weighted by Gasteiger charge is -2.15. The molecule has 0 bridgehead atoms. The van der Waals surface area contributed by atoms with Gasteiger partial charge in [0, 0.05) is 12.5 Å². The number of anilines is 1. The Labute approximate surface area is 128 Å². The van der Waals surface area contributed by atoms with Crippen molar-refractivity contribution >= 4 is 23.2 Å². The van der Waals surface area contributed by atoms with Gasteiger partial charge < -0.3 is 10.6 Å². The van der Waals surface area contributed by atoms with E-state index in [1.807, 2.05) is 13.8 Å². The van der Waals surface area contributed by atoms with E-state index in [2.05, 4.69) is 20.7 Å². The van der Waals surface area contributed by atoms with Crippen LogP contribution in [0.3, 0.4) is 0 Å². The molecule has 21 heavy (non-hydrogen) atoms.